The first-order valence-electron chi connectivity index (χ1n) is 2.98. The highest BCUT2D eigenvalue weighted by molar-refractivity contribution is 7.80. The number of hydrogen-bond donors (Lipinski definition) is 2. The maximum atomic E-state index is 4.96. The highest BCUT2D eigenvalue weighted by Gasteiger charge is 2.28. The van der Waals surface area contributed by atoms with E-state index < -0.39 is 0 Å². The van der Waals surface area contributed by atoms with Crippen molar-refractivity contribution in [2.24, 2.45) is 9.98 Å². The quantitative estimate of drug-likeness (QED) is 0.452. The minimum absolute atomic E-state index is 0.0602. The Morgan fingerprint density at radius 2 is 2.30 bits per heavy atom. The van der Waals surface area contributed by atoms with Crippen molar-refractivity contribution in [1.29, 1.82) is 0 Å². The van der Waals surface area contributed by atoms with Gasteiger partial charge in [0, 0.05) is 0 Å². The van der Waals surface area contributed by atoms with Gasteiger partial charge in [-0.1, -0.05) is 12.2 Å². The number of nitrogens with zero attached hydrogens (tertiary/aromatic N) is 2. The van der Waals surface area contributed by atoms with Gasteiger partial charge >= 0.3 is 0 Å². The summed E-state index contributed by atoms with van der Waals surface area (Å²) in [5, 5.41) is 5.97. The molecule has 0 aromatic heterocycles. The van der Waals surface area contributed by atoms with Gasteiger partial charge in [0.1, 0.15) is 17.2 Å². The minimum atomic E-state index is 0.0602. The van der Waals surface area contributed by atoms with E-state index in [0.29, 0.717) is 4.99 Å². The molecule has 0 spiro atoms. The lowest BCUT2D eigenvalue weighted by molar-refractivity contribution is 0.595. The molecule has 52 valence electrons. The summed E-state index contributed by atoms with van der Waals surface area (Å²) in [4.78, 5) is 8.68. The number of fused-ring (bicyclic) bond motifs is 1. The molecule has 0 saturated carbocycles. The van der Waals surface area contributed by atoms with Crippen LogP contribution in [0.15, 0.2) is 9.98 Å². The lowest BCUT2D eigenvalue weighted by Crippen LogP contribution is -2.48. The fourth-order valence-electron chi connectivity index (χ4n) is 0.984. The summed E-state index contributed by atoms with van der Waals surface area (Å²) in [5.74, 6) is 0. The lowest BCUT2D eigenvalue weighted by atomic mass is 10.2. The van der Waals surface area contributed by atoms with Crippen molar-refractivity contribution in [3.63, 3.8) is 0 Å². The highest BCUT2D eigenvalue weighted by atomic mass is 32.1. The molecule has 2 atom stereocenters. The van der Waals surface area contributed by atoms with Crippen LogP contribution in [-0.4, -0.2) is 29.9 Å². The van der Waals surface area contributed by atoms with E-state index in [2.05, 4.69) is 20.6 Å². The second-order valence-electron chi connectivity index (χ2n) is 2.13. The summed E-state index contributed by atoms with van der Waals surface area (Å²) in [7, 11) is 0. The summed E-state index contributed by atoms with van der Waals surface area (Å²) >= 11 is 4.96. The zero-order chi connectivity index (χ0) is 6.97. The Balaban J connectivity index is 2.25. The lowest BCUT2D eigenvalue weighted by Gasteiger charge is -2.20. The standard InChI is InChI=1S/C5H6N4S/c10-5-3-4(7-1-6-3)8-2-9-5/h1-4H,(H,6,7)(H,8,9,10). The van der Waals surface area contributed by atoms with Crippen molar-refractivity contribution in [3.8, 4) is 0 Å². The molecule has 0 amide bonds. The molecule has 2 aliphatic rings. The molecule has 0 radical (unpaired) electrons. The Morgan fingerprint density at radius 3 is 3.10 bits per heavy atom. The first-order chi connectivity index (χ1) is 4.88. The van der Waals surface area contributed by atoms with E-state index in [1.54, 1.807) is 12.7 Å². The van der Waals surface area contributed by atoms with Crippen LogP contribution in [0.4, 0.5) is 0 Å². The van der Waals surface area contributed by atoms with Gasteiger partial charge in [-0.25, -0.2) is 9.98 Å². The summed E-state index contributed by atoms with van der Waals surface area (Å²) in [6.45, 7) is 0. The van der Waals surface area contributed by atoms with Crippen LogP contribution >= 0.6 is 12.2 Å². The van der Waals surface area contributed by atoms with Crippen LogP contribution in [0.1, 0.15) is 0 Å². The van der Waals surface area contributed by atoms with E-state index in [1.807, 2.05) is 0 Å². The van der Waals surface area contributed by atoms with Crippen LogP contribution in [0.3, 0.4) is 0 Å². The van der Waals surface area contributed by atoms with Crippen LogP contribution in [-0.2, 0) is 0 Å². The van der Waals surface area contributed by atoms with Crippen molar-refractivity contribution >= 4 is 29.9 Å². The van der Waals surface area contributed by atoms with Gasteiger partial charge in [-0.3, -0.25) is 0 Å². The van der Waals surface area contributed by atoms with E-state index in [1.165, 1.54) is 0 Å². The maximum absolute atomic E-state index is 4.96. The average Bonchev–Trinajstić information content (AvgIpc) is 2.36. The number of aliphatic imine (C=N–C) groups is 2. The van der Waals surface area contributed by atoms with Crippen molar-refractivity contribution < 1.29 is 0 Å². The highest BCUT2D eigenvalue weighted by Crippen LogP contribution is 2.06. The molecule has 0 bridgehead atoms. The molecule has 10 heavy (non-hydrogen) atoms. The predicted molar refractivity (Wildman–Crippen MR) is 43.4 cm³/mol. The van der Waals surface area contributed by atoms with Gasteiger partial charge in [-0.2, -0.15) is 0 Å². The third kappa shape index (κ3) is 0.706. The SMILES string of the molecule is S=C1N=CNC2N=CNC12. The molecule has 0 saturated heterocycles. The zero-order valence-electron chi connectivity index (χ0n) is 5.11. The number of thiocarbonyl (C=S) groups is 1. The number of rotatable bonds is 0. The Hall–Kier alpha value is -0.970. The van der Waals surface area contributed by atoms with E-state index in [4.69, 9.17) is 12.2 Å². The monoisotopic (exact) mass is 154 g/mol. The van der Waals surface area contributed by atoms with Gasteiger partial charge in [-0.15, -0.1) is 0 Å². The summed E-state index contributed by atoms with van der Waals surface area (Å²) < 4.78 is 0. The van der Waals surface area contributed by atoms with Crippen molar-refractivity contribution in [2.45, 2.75) is 12.2 Å². The number of nitrogens with one attached hydrogen (secondary N) is 2. The van der Waals surface area contributed by atoms with Crippen molar-refractivity contribution in [1.82, 2.24) is 10.6 Å². The summed E-state index contributed by atoms with van der Waals surface area (Å²) in [5.41, 5.74) is 0. The second-order valence-corrected chi connectivity index (χ2v) is 2.55. The molecule has 0 aromatic rings. The molecule has 4 nitrogen and oxygen atoms in total. The summed E-state index contributed by atoms with van der Waals surface area (Å²) in [6.07, 6.45) is 3.31. The van der Waals surface area contributed by atoms with Crippen LogP contribution in [0.5, 0.6) is 0 Å². The van der Waals surface area contributed by atoms with E-state index in [0.717, 1.165) is 0 Å². The molecule has 2 heterocycles. The van der Waals surface area contributed by atoms with Crippen molar-refractivity contribution in [3.05, 3.63) is 0 Å². The van der Waals surface area contributed by atoms with E-state index in [9.17, 15) is 0 Å². The van der Waals surface area contributed by atoms with Crippen LogP contribution < -0.4 is 10.6 Å². The molecule has 2 aliphatic heterocycles. The molecule has 2 N–H and O–H groups in total. The van der Waals surface area contributed by atoms with Crippen molar-refractivity contribution in [2.75, 3.05) is 0 Å². The van der Waals surface area contributed by atoms with Crippen LogP contribution in [0.2, 0.25) is 0 Å². The molecule has 0 fully saturated rings. The first kappa shape index (κ1) is 5.79. The molecule has 2 rings (SSSR count). The Kier molecular flexibility index (Phi) is 1.17. The first-order valence-corrected chi connectivity index (χ1v) is 3.39. The fraction of sp³-hybridized carbons (Fsp3) is 0.400. The van der Waals surface area contributed by atoms with Gasteiger partial charge in [0.05, 0.1) is 12.7 Å². The normalized spacial score (nSPS) is 35.0. The van der Waals surface area contributed by atoms with E-state index >= 15 is 0 Å². The Bertz CT molecular complexity index is 222. The Labute approximate surface area is 63.4 Å². The fourth-order valence-corrected chi connectivity index (χ4v) is 1.23. The van der Waals surface area contributed by atoms with Crippen LogP contribution in [0.25, 0.3) is 0 Å². The van der Waals surface area contributed by atoms with Gasteiger partial charge in [-0.05, 0) is 0 Å². The topological polar surface area (TPSA) is 48.8 Å². The molecular weight excluding hydrogens is 148 g/mol. The smallest absolute Gasteiger partial charge is 0.148 e. The third-order valence-corrected chi connectivity index (χ3v) is 1.87. The summed E-state index contributed by atoms with van der Waals surface area (Å²) in [6, 6.07) is 0.0833. The van der Waals surface area contributed by atoms with Gasteiger partial charge in [0.15, 0.2) is 0 Å². The predicted octanol–water partition coefficient (Wildman–Crippen LogP) is -0.729. The van der Waals surface area contributed by atoms with E-state index in [-0.39, 0.29) is 12.2 Å². The maximum Gasteiger partial charge on any atom is 0.148 e. The average molecular weight is 154 g/mol. The molecule has 0 aliphatic carbocycles. The Morgan fingerprint density at radius 1 is 1.40 bits per heavy atom. The molecular formula is C5H6N4S. The molecule has 5 heteroatoms. The number of hydrogen-bond acceptors (Lipinski definition) is 4. The largest absolute Gasteiger partial charge is 0.364 e. The van der Waals surface area contributed by atoms with Gasteiger partial charge in [0.2, 0.25) is 0 Å². The minimum Gasteiger partial charge on any atom is -0.364 e. The zero-order valence-corrected chi connectivity index (χ0v) is 5.93. The van der Waals surface area contributed by atoms with Gasteiger partial charge in [0.25, 0.3) is 0 Å². The van der Waals surface area contributed by atoms with Gasteiger partial charge < -0.3 is 10.6 Å². The molecule has 0 aromatic carbocycles. The third-order valence-electron chi connectivity index (χ3n) is 1.51. The second kappa shape index (κ2) is 2.02. The molecule has 2 unspecified atom stereocenters. The van der Waals surface area contributed by atoms with Crippen LogP contribution in [0, 0.1) is 0 Å².